The van der Waals surface area contributed by atoms with Crippen molar-refractivity contribution in [2.45, 2.75) is 71.1 Å². The molecule has 160 valence electrons. The Bertz CT molecular complexity index is 826. The Hall–Kier alpha value is -2.75. The van der Waals surface area contributed by atoms with E-state index in [1.807, 2.05) is 0 Å². The van der Waals surface area contributed by atoms with Crippen molar-refractivity contribution in [3.63, 3.8) is 0 Å². The minimum absolute atomic E-state index is 0.0536. The summed E-state index contributed by atoms with van der Waals surface area (Å²) in [7, 11) is 0. The summed E-state index contributed by atoms with van der Waals surface area (Å²) in [5, 5.41) is 0. The van der Waals surface area contributed by atoms with E-state index in [0.29, 0.717) is 17.5 Å². The number of pyridine rings is 1. The number of carbonyl (C=O) groups is 1. The Balaban J connectivity index is 1.49. The second-order valence-electron chi connectivity index (χ2n) is 7.27. The fraction of sp³-hybridized carbons (Fsp3) is 0.423. The number of unbranched alkanes of at least 4 members (excludes halogenated alkanes) is 4. The normalized spacial score (nSPS) is 12.4. The summed E-state index contributed by atoms with van der Waals surface area (Å²) in [5.74, 6) is 0.132. The quantitative estimate of drug-likeness (QED) is 0.174. The van der Waals surface area contributed by atoms with E-state index in [1.54, 1.807) is 18.5 Å². The fourth-order valence-electron chi connectivity index (χ4n) is 2.95. The number of fused-ring (bicyclic) bond motifs is 1. The zero-order chi connectivity index (χ0) is 21.3. The van der Waals surface area contributed by atoms with Crippen molar-refractivity contribution in [3.8, 4) is 0 Å². The van der Waals surface area contributed by atoms with Crippen molar-refractivity contribution in [2.24, 2.45) is 0 Å². The Labute approximate surface area is 180 Å². The minimum Gasteiger partial charge on any atom is -0.432 e. The molecule has 0 radical (unpaired) electrons. The first kappa shape index (κ1) is 23.5. The summed E-state index contributed by atoms with van der Waals surface area (Å²) in [4.78, 5) is 20.3. The summed E-state index contributed by atoms with van der Waals surface area (Å²) >= 11 is 0. The van der Waals surface area contributed by atoms with Crippen LogP contribution in [0.1, 0.15) is 81.8 Å². The standard InChI is InChI=1S/C26H34N2O2/c1-2-3-4-5-6-7-8-9-10-11-12-13-14-15-16-17-18-19-24(29)26-28-23-20-21-27-22-25(23)30-26/h6-7,9-10,12-13,15-16,20-22H,2-5,8,11,14,17-19H2,1H3/b7-6-,10-9-,13-12-,16-15-. The first-order valence-electron chi connectivity index (χ1n) is 11.1. The van der Waals surface area contributed by atoms with Crippen molar-refractivity contribution < 1.29 is 9.21 Å². The molecule has 2 aromatic rings. The summed E-state index contributed by atoms with van der Waals surface area (Å²) in [6.07, 6.45) is 31.0. The predicted molar refractivity (Wildman–Crippen MR) is 125 cm³/mol. The van der Waals surface area contributed by atoms with Crippen LogP contribution in [0.4, 0.5) is 0 Å². The van der Waals surface area contributed by atoms with Gasteiger partial charge in [-0.05, 0) is 51.0 Å². The molecule has 4 heteroatoms. The fourth-order valence-corrected chi connectivity index (χ4v) is 2.95. The highest BCUT2D eigenvalue weighted by Crippen LogP contribution is 2.15. The van der Waals surface area contributed by atoms with Gasteiger partial charge in [0, 0.05) is 12.6 Å². The zero-order valence-electron chi connectivity index (χ0n) is 18.1. The van der Waals surface area contributed by atoms with Gasteiger partial charge in [0.25, 0.3) is 5.89 Å². The molecule has 2 heterocycles. The molecule has 0 aromatic carbocycles. The second-order valence-corrected chi connectivity index (χ2v) is 7.27. The van der Waals surface area contributed by atoms with Crippen molar-refractivity contribution in [2.75, 3.05) is 0 Å². The maximum atomic E-state index is 12.2. The van der Waals surface area contributed by atoms with Crippen LogP contribution in [-0.2, 0) is 0 Å². The minimum atomic E-state index is -0.0536. The van der Waals surface area contributed by atoms with Gasteiger partial charge in [0.2, 0.25) is 5.78 Å². The molecule has 0 amide bonds. The predicted octanol–water partition coefficient (Wildman–Crippen LogP) is 7.55. The lowest BCUT2D eigenvalue weighted by Gasteiger charge is -1.93. The molecule has 0 saturated carbocycles. The second kappa shape index (κ2) is 15.1. The van der Waals surface area contributed by atoms with Gasteiger partial charge >= 0.3 is 0 Å². The highest BCUT2D eigenvalue weighted by atomic mass is 16.4. The van der Waals surface area contributed by atoms with Crippen LogP contribution in [0.2, 0.25) is 0 Å². The van der Waals surface area contributed by atoms with Crippen molar-refractivity contribution in [1.82, 2.24) is 9.97 Å². The number of aromatic nitrogens is 2. The summed E-state index contributed by atoms with van der Waals surface area (Å²) in [6, 6.07) is 1.74. The van der Waals surface area contributed by atoms with E-state index in [-0.39, 0.29) is 11.7 Å². The molecule has 0 aliphatic heterocycles. The van der Waals surface area contributed by atoms with Gasteiger partial charge in [-0.1, -0.05) is 68.4 Å². The number of oxazole rings is 1. The first-order valence-corrected chi connectivity index (χ1v) is 11.1. The van der Waals surface area contributed by atoms with Gasteiger partial charge in [0.15, 0.2) is 5.58 Å². The van der Waals surface area contributed by atoms with E-state index < -0.39 is 0 Å². The molecular weight excluding hydrogens is 372 g/mol. The third kappa shape index (κ3) is 9.64. The average Bonchev–Trinajstić information content (AvgIpc) is 3.20. The summed E-state index contributed by atoms with van der Waals surface area (Å²) in [6.45, 7) is 2.24. The van der Waals surface area contributed by atoms with Gasteiger partial charge in [-0.3, -0.25) is 9.78 Å². The third-order valence-electron chi connectivity index (χ3n) is 4.66. The Morgan fingerprint density at radius 3 is 2.17 bits per heavy atom. The molecule has 0 atom stereocenters. The highest BCUT2D eigenvalue weighted by Gasteiger charge is 2.13. The lowest BCUT2D eigenvalue weighted by molar-refractivity contribution is 0.0949. The first-order chi connectivity index (χ1) is 14.8. The molecular formula is C26H34N2O2. The SMILES string of the molecule is CCCCC/C=C\C/C=C\C/C=C\C/C=C\CCCC(=O)c1nc2ccncc2o1. The molecule has 0 fully saturated rings. The Morgan fingerprint density at radius 1 is 0.900 bits per heavy atom. The lowest BCUT2D eigenvalue weighted by Crippen LogP contribution is -1.98. The molecule has 0 saturated heterocycles. The number of ketones is 1. The van der Waals surface area contributed by atoms with E-state index in [0.717, 1.165) is 32.1 Å². The van der Waals surface area contributed by atoms with E-state index >= 15 is 0 Å². The molecule has 0 aliphatic carbocycles. The van der Waals surface area contributed by atoms with Crippen molar-refractivity contribution >= 4 is 16.9 Å². The van der Waals surface area contributed by atoms with Crippen LogP contribution in [-0.4, -0.2) is 15.8 Å². The monoisotopic (exact) mass is 406 g/mol. The molecule has 2 rings (SSSR count). The van der Waals surface area contributed by atoms with Crippen LogP contribution in [0.5, 0.6) is 0 Å². The maximum Gasteiger partial charge on any atom is 0.264 e. The number of Topliss-reactive ketones (excluding diaryl/α,β-unsaturated/α-hetero) is 1. The van der Waals surface area contributed by atoms with Gasteiger partial charge in [0.05, 0.1) is 6.20 Å². The third-order valence-corrected chi connectivity index (χ3v) is 4.66. The van der Waals surface area contributed by atoms with Crippen molar-refractivity contribution in [3.05, 3.63) is 73.0 Å². The van der Waals surface area contributed by atoms with Crippen LogP contribution in [0, 0.1) is 0 Å². The highest BCUT2D eigenvalue weighted by molar-refractivity contribution is 5.93. The molecule has 0 N–H and O–H groups in total. The average molecular weight is 407 g/mol. The maximum absolute atomic E-state index is 12.2. The molecule has 0 aliphatic rings. The van der Waals surface area contributed by atoms with Gasteiger partial charge in [-0.25, -0.2) is 4.98 Å². The molecule has 30 heavy (non-hydrogen) atoms. The number of hydrogen-bond donors (Lipinski definition) is 0. The largest absolute Gasteiger partial charge is 0.432 e. The van der Waals surface area contributed by atoms with Gasteiger partial charge in [0.1, 0.15) is 5.52 Å². The van der Waals surface area contributed by atoms with E-state index in [2.05, 4.69) is 65.5 Å². The van der Waals surface area contributed by atoms with Crippen LogP contribution in [0.15, 0.2) is 71.5 Å². The number of rotatable bonds is 15. The molecule has 0 unspecified atom stereocenters. The number of nitrogens with zero attached hydrogens (tertiary/aromatic N) is 2. The molecule has 0 bridgehead atoms. The van der Waals surface area contributed by atoms with E-state index in [1.165, 1.54) is 25.7 Å². The summed E-state index contributed by atoms with van der Waals surface area (Å²) < 4.78 is 5.45. The van der Waals surface area contributed by atoms with E-state index in [4.69, 9.17) is 4.42 Å². The number of allylic oxidation sites excluding steroid dienone is 8. The van der Waals surface area contributed by atoms with Crippen LogP contribution < -0.4 is 0 Å². The topological polar surface area (TPSA) is 56.0 Å². The number of carbonyl (C=O) groups excluding carboxylic acids is 1. The van der Waals surface area contributed by atoms with Crippen LogP contribution >= 0.6 is 0 Å². The van der Waals surface area contributed by atoms with Gasteiger partial charge in [-0.15, -0.1) is 0 Å². The smallest absolute Gasteiger partial charge is 0.264 e. The van der Waals surface area contributed by atoms with Gasteiger partial charge in [-0.2, -0.15) is 0 Å². The van der Waals surface area contributed by atoms with Crippen LogP contribution in [0.25, 0.3) is 11.1 Å². The van der Waals surface area contributed by atoms with Crippen molar-refractivity contribution in [1.29, 1.82) is 0 Å². The summed E-state index contributed by atoms with van der Waals surface area (Å²) in [5.41, 5.74) is 1.23. The van der Waals surface area contributed by atoms with Crippen LogP contribution in [0.3, 0.4) is 0 Å². The number of hydrogen-bond acceptors (Lipinski definition) is 4. The Morgan fingerprint density at radius 2 is 1.53 bits per heavy atom. The zero-order valence-corrected chi connectivity index (χ0v) is 18.1. The molecule has 4 nitrogen and oxygen atoms in total. The van der Waals surface area contributed by atoms with Gasteiger partial charge < -0.3 is 4.42 Å². The lowest BCUT2D eigenvalue weighted by atomic mass is 10.1. The van der Waals surface area contributed by atoms with E-state index in [9.17, 15) is 4.79 Å². The molecule has 2 aromatic heterocycles. The Kier molecular flexibility index (Phi) is 11.9. The molecule has 0 spiro atoms.